The topological polar surface area (TPSA) is 191 Å². The maximum absolute atomic E-state index is 13.0. The molecule has 0 aliphatic rings. The van der Waals surface area contributed by atoms with Gasteiger partial charge >= 0.3 is 5.97 Å². The molecule has 33 heavy (non-hydrogen) atoms. The van der Waals surface area contributed by atoms with Crippen LogP contribution in [0.15, 0.2) is 24.3 Å². The first kappa shape index (κ1) is 28.2. The van der Waals surface area contributed by atoms with Gasteiger partial charge in [-0.2, -0.15) is 12.6 Å². The molecule has 0 fully saturated rings. The Bertz CT molecular complexity index is 832. The number of phenolic OH excluding ortho intramolecular Hbond substituents is 1. The van der Waals surface area contributed by atoms with E-state index < -0.39 is 59.9 Å². The van der Waals surface area contributed by atoms with Crippen LogP contribution >= 0.6 is 12.6 Å². The second kappa shape index (κ2) is 13.0. The summed E-state index contributed by atoms with van der Waals surface area (Å²) in [4.78, 5) is 49.3. The molecule has 0 spiro atoms. The molecular formula is C21H32N4O7S. The van der Waals surface area contributed by atoms with Gasteiger partial charge in [0, 0.05) is 12.2 Å². The van der Waals surface area contributed by atoms with Crippen LogP contribution in [-0.4, -0.2) is 75.0 Å². The van der Waals surface area contributed by atoms with Gasteiger partial charge in [0.2, 0.25) is 17.7 Å². The fourth-order valence-electron chi connectivity index (χ4n) is 2.85. The maximum atomic E-state index is 13.0. The molecule has 1 aromatic rings. The predicted octanol–water partition coefficient (Wildman–Crippen LogP) is -1.23. The van der Waals surface area contributed by atoms with Crippen molar-refractivity contribution in [3.63, 3.8) is 0 Å². The SMILES string of the molecule is CC(C)C(NC(=O)C(NC(=O)C(Cc1ccc(O)cc1)NC(=O)C(N)CS)C(C)O)C(=O)O. The number of nitrogens with one attached hydrogen (secondary N) is 3. The van der Waals surface area contributed by atoms with Gasteiger partial charge in [0.15, 0.2) is 0 Å². The van der Waals surface area contributed by atoms with Crippen molar-refractivity contribution in [2.75, 3.05) is 5.75 Å². The van der Waals surface area contributed by atoms with Gasteiger partial charge in [-0.05, 0) is 30.5 Å². The number of nitrogens with two attached hydrogens (primary N) is 1. The Kier molecular flexibility index (Phi) is 11.1. The smallest absolute Gasteiger partial charge is 0.326 e. The van der Waals surface area contributed by atoms with Gasteiger partial charge in [-0.3, -0.25) is 14.4 Å². The van der Waals surface area contributed by atoms with E-state index in [2.05, 4.69) is 28.6 Å². The molecule has 0 heterocycles. The molecule has 5 atom stereocenters. The molecule has 184 valence electrons. The molecule has 0 bridgehead atoms. The number of amides is 3. The Morgan fingerprint density at radius 3 is 1.94 bits per heavy atom. The highest BCUT2D eigenvalue weighted by Gasteiger charge is 2.33. The minimum atomic E-state index is -1.48. The summed E-state index contributed by atoms with van der Waals surface area (Å²) in [5.74, 6) is -3.98. The molecule has 5 unspecified atom stereocenters. The first-order valence-corrected chi connectivity index (χ1v) is 11.0. The highest BCUT2D eigenvalue weighted by atomic mass is 32.1. The van der Waals surface area contributed by atoms with E-state index in [1.807, 2.05) is 0 Å². The molecule has 0 saturated heterocycles. The van der Waals surface area contributed by atoms with Gasteiger partial charge in [0.1, 0.15) is 23.9 Å². The molecule has 0 aromatic heterocycles. The van der Waals surface area contributed by atoms with Crippen molar-refractivity contribution in [3.8, 4) is 5.75 Å². The van der Waals surface area contributed by atoms with E-state index in [0.717, 1.165) is 0 Å². The van der Waals surface area contributed by atoms with Crippen LogP contribution in [0.2, 0.25) is 0 Å². The number of aliphatic hydroxyl groups excluding tert-OH is 1. The van der Waals surface area contributed by atoms with Crippen molar-refractivity contribution in [2.24, 2.45) is 11.7 Å². The normalized spacial score (nSPS) is 15.6. The Balaban J connectivity index is 3.08. The molecule has 12 heteroatoms. The van der Waals surface area contributed by atoms with Crippen LogP contribution in [-0.2, 0) is 25.6 Å². The van der Waals surface area contributed by atoms with E-state index in [0.29, 0.717) is 5.56 Å². The molecule has 0 radical (unpaired) electrons. The van der Waals surface area contributed by atoms with E-state index in [1.54, 1.807) is 26.0 Å². The summed E-state index contributed by atoms with van der Waals surface area (Å²) in [6.07, 6.45) is -1.37. The number of thiol groups is 1. The first-order valence-electron chi connectivity index (χ1n) is 10.3. The molecule has 1 aromatic carbocycles. The Labute approximate surface area is 197 Å². The summed E-state index contributed by atoms with van der Waals surface area (Å²) in [5, 5.41) is 36.0. The van der Waals surface area contributed by atoms with Crippen LogP contribution in [0, 0.1) is 5.92 Å². The zero-order valence-corrected chi connectivity index (χ0v) is 19.6. The summed E-state index contributed by atoms with van der Waals surface area (Å²) in [6, 6.07) is 1.07. The zero-order chi connectivity index (χ0) is 25.3. The molecule has 11 nitrogen and oxygen atoms in total. The van der Waals surface area contributed by atoms with Gasteiger partial charge < -0.3 is 37.0 Å². The maximum Gasteiger partial charge on any atom is 0.326 e. The van der Waals surface area contributed by atoms with Gasteiger partial charge in [-0.25, -0.2) is 4.79 Å². The molecule has 1 rings (SSSR count). The fraction of sp³-hybridized carbons (Fsp3) is 0.524. The third-order valence-electron chi connectivity index (χ3n) is 4.84. The number of hydrogen-bond acceptors (Lipinski definition) is 8. The summed E-state index contributed by atoms with van der Waals surface area (Å²) < 4.78 is 0. The van der Waals surface area contributed by atoms with Gasteiger partial charge in [0.05, 0.1) is 12.1 Å². The Morgan fingerprint density at radius 2 is 1.48 bits per heavy atom. The van der Waals surface area contributed by atoms with E-state index in [1.165, 1.54) is 19.1 Å². The number of carbonyl (C=O) groups is 4. The lowest BCUT2D eigenvalue weighted by atomic mass is 10.0. The molecular weight excluding hydrogens is 452 g/mol. The number of carbonyl (C=O) groups excluding carboxylic acids is 3. The zero-order valence-electron chi connectivity index (χ0n) is 18.7. The predicted molar refractivity (Wildman–Crippen MR) is 124 cm³/mol. The van der Waals surface area contributed by atoms with Crippen molar-refractivity contribution in [1.29, 1.82) is 0 Å². The van der Waals surface area contributed by atoms with E-state index in [4.69, 9.17) is 5.73 Å². The number of benzene rings is 1. The average molecular weight is 485 g/mol. The number of aliphatic carboxylic acids is 1. The number of aliphatic hydroxyl groups is 1. The monoisotopic (exact) mass is 484 g/mol. The standard InChI is InChI=1S/C21H32N4O7S/c1-10(2)16(21(31)32)24-20(30)17(11(3)26)25-19(29)15(23-18(28)14(22)9-33)8-12-4-6-13(27)7-5-12/h4-7,10-11,14-17,26-27,33H,8-9,22H2,1-3H3,(H,23,28)(H,24,30)(H,25,29)(H,31,32). The van der Waals surface area contributed by atoms with Crippen LogP contribution < -0.4 is 21.7 Å². The number of phenols is 1. The van der Waals surface area contributed by atoms with Crippen molar-refractivity contribution in [3.05, 3.63) is 29.8 Å². The van der Waals surface area contributed by atoms with Crippen molar-refractivity contribution in [1.82, 2.24) is 16.0 Å². The number of aromatic hydroxyl groups is 1. The lowest BCUT2D eigenvalue weighted by Gasteiger charge is -2.27. The molecule has 8 N–H and O–H groups in total. The van der Waals surface area contributed by atoms with Gasteiger partial charge in [-0.1, -0.05) is 26.0 Å². The van der Waals surface area contributed by atoms with Crippen molar-refractivity contribution >= 4 is 36.3 Å². The lowest BCUT2D eigenvalue weighted by Crippen LogP contribution is -2.60. The highest BCUT2D eigenvalue weighted by Crippen LogP contribution is 2.12. The van der Waals surface area contributed by atoms with Crippen molar-refractivity contribution < 1.29 is 34.5 Å². The van der Waals surface area contributed by atoms with E-state index in [-0.39, 0.29) is 17.9 Å². The second-order valence-corrected chi connectivity index (χ2v) is 8.38. The first-order chi connectivity index (χ1) is 15.4. The molecule has 3 amide bonds. The number of rotatable bonds is 12. The van der Waals surface area contributed by atoms with Crippen molar-refractivity contribution in [2.45, 2.75) is 57.5 Å². The number of hydrogen-bond donors (Lipinski definition) is 8. The fourth-order valence-corrected chi connectivity index (χ4v) is 3.02. The van der Waals surface area contributed by atoms with Crippen LogP contribution in [0.4, 0.5) is 0 Å². The van der Waals surface area contributed by atoms with E-state index in [9.17, 15) is 34.5 Å². The summed E-state index contributed by atoms with van der Waals surface area (Å²) >= 11 is 3.97. The van der Waals surface area contributed by atoms with E-state index >= 15 is 0 Å². The largest absolute Gasteiger partial charge is 0.508 e. The molecule has 0 aliphatic carbocycles. The van der Waals surface area contributed by atoms with Gasteiger partial charge in [-0.15, -0.1) is 0 Å². The number of carboxylic acid groups (broad SMARTS) is 1. The second-order valence-electron chi connectivity index (χ2n) is 8.02. The van der Waals surface area contributed by atoms with Crippen LogP contribution in [0.25, 0.3) is 0 Å². The quantitative estimate of drug-likeness (QED) is 0.169. The lowest BCUT2D eigenvalue weighted by molar-refractivity contribution is -0.144. The summed E-state index contributed by atoms with van der Waals surface area (Å²) in [5.41, 5.74) is 6.27. The van der Waals surface area contributed by atoms with Crippen LogP contribution in [0.1, 0.15) is 26.3 Å². The Morgan fingerprint density at radius 1 is 0.939 bits per heavy atom. The average Bonchev–Trinajstić information content (AvgIpc) is 2.74. The molecule has 0 saturated carbocycles. The minimum Gasteiger partial charge on any atom is -0.508 e. The molecule has 0 aliphatic heterocycles. The third-order valence-corrected chi connectivity index (χ3v) is 5.23. The minimum absolute atomic E-state index is 0.00492. The Hall–Kier alpha value is -2.83. The van der Waals surface area contributed by atoms with Gasteiger partial charge in [0.25, 0.3) is 0 Å². The van der Waals surface area contributed by atoms with Crippen LogP contribution in [0.5, 0.6) is 5.75 Å². The number of carboxylic acids is 1. The van der Waals surface area contributed by atoms with Crippen LogP contribution in [0.3, 0.4) is 0 Å². The third kappa shape index (κ3) is 8.91. The highest BCUT2D eigenvalue weighted by molar-refractivity contribution is 7.80. The summed E-state index contributed by atoms with van der Waals surface area (Å²) in [7, 11) is 0. The summed E-state index contributed by atoms with van der Waals surface area (Å²) in [6.45, 7) is 4.46.